The van der Waals surface area contributed by atoms with Crippen LogP contribution in [-0.2, 0) is 12.7 Å². The molecule has 0 fully saturated rings. The number of nitrogens with zero attached hydrogens (tertiary/aromatic N) is 2. The minimum atomic E-state index is -4.42. The lowest BCUT2D eigenvalue weighted by atomic mass is 9.99. The van der Waals surface area contributed by atoms with Crippen LogP contribution in [0.15, 0.2) is 24.3 Å². The molecule has 0 saturated heterocycles. The molecule has 130 valence electrons. The molecule has 0 atom stereocenters. The summed E-state index contributed by atoms with van der Waals surface area (Å²) < 4.78 is 38.9. The molecule has 4 nitrogen and oxygen atoms in total. The summed E-state index contributed by atoms with van der Waals surface area (Å²) in [7, 11) is 3.90. The number of aromatic nitrogens is 2. The van der Waals surface area contributed by atoms with Crippen LogP contribution in [-0.4, -0.2) is 30.8 Å². The first-order valence-corrected chi connectivity index (χ1v) is 7.20. The molecule has 2 N–H and O–H groups in total. The molecule has 0 radical (unpaired) electrons. The number of anilines is 1. The Hall–Kier alpha value is -1.99. The predicted molar refractivity (Wildman–Crippen MR) is 91.2 cm³/mol. The molecule has 0 unspecified atom stereocenters. The molecular weight excluding hydrogens is 341 g/mol. The fourth-order valence-electron chi connectivity index (χ4n) is 2.63. The molecule has 24 heavy (non-hydrogen) atoms. The second-order valence-electron chi connectivity index (χ2n) is 5.68. The molecule has 3 rings (SSSR count). The molecule has 2 heterocycles. The van der Waals surface area contributed by atoms with Crippen molar-refractivity contribution in [2.45, 2.75) is 12.7 Å². The summed E-state index contributed by atoms with van der Waals surface area (Å²) in [4.78, 5) is 1.99. The summed E-state index contributed by atoms with van der Waals surface area (Å²) in [6, 6.07) is 7.81. The monoisotopic (exact) mass is 358 g/mol. The van der Waals surface area contributed by atoms with Gasteiger partial charge in [-0.3, -0.25) is 5.10 Å². The van der Waals surface area contributed by atoms with Gasteiger partial charge < -0.3 is 10.2 Å². The molecule has 8 heteroatoms. The van der Waals surface area contributed by atoms with Crippen LogP contribution in [0.5, 0.6) is 0 Å². The average molecular weight is 359 g/mol. The molecule has 0 bridgehead atoms. The number of benzene rings is 1. The highest BCUT2D eigenvalue weighted by Crippen LogP contribution is 2.35. The van der Waals surface area contributed by atoms with E-state index < -0.39 is 11.9 Å². The average Bonchev–Trinajstić information content (AvgIpc) is 2.93. The van der Waals surface area contributed by atoms with Gasteiger partial charge in [-0.05, 0) is 29.3 Å². The minimum absolute atomic E-state index is 0. The topological polar surface area (TPSA) is 44.0 Å². The van der Waals surface area contributed by atoms with Gasteiger partial charge in [-0.25, -0.2) is 0 Å². The quantitative estimate of drug-likeness (QED) is 0.862. The van der Waals surface area contributed by atoms with E-state index in [4.69, 9.17) is 0 Å². The third-order valence-electron chi connectivity index (χ3n) is 3.82. The van der Waals surface area contributed by atoms with Gasteiger partial charge in [0.2, 0.25) is 0 Å². The number of hydrogen-bond donors (Lipinski definition) is 2. The van der Waals surface area contributed by atoms with Gasteiger partial charge in [0.1, 0.15) is 5.69 Å². The molecule has 1 aliphatic heterocycles. The van der Waals surface area contributed by atoms with E-state index in [1.807, 2.05) is 49.3 Å². The SMILES string of the molecule is CN(C)c1ccc(/C=C2\CNCc3c2n[nH]c3C(F)(F)F)cc1.Cl. The molecule has 2 aromatic rings. The molecule has 0 saturated carbocycles. The van der Waals surface area contributed by atoms with Gasteiger partial charge in [-0.1, -0.05) is 12.1 Å². The van der Waals surface area contributed by atoms with Crippen molar-refractivity contribution in [2.75, 3.05) is 25.5 Å². The lowest BCUT2D eigenvalue weighted by Gasteiger charge is -2.17. The second kappa shape index (κ2) is 6.86. The number of alkyl halides is 3. The summed E-state index contributed by atoms with van der Waals surface area (Å²) in [6.07, 6.45) is -2.55. The molecule has 0 aliphatic carbocycles. The largest absolute Gasteiger partial charge is 0.433 e. The second-order valence-corrected chi connectivity index (χ2v) is 5.68. The Labute approximate surface area is 144 Å². The Morgan fingerprint density at radius 2 is 1.79 bits per heavy atom. The minimum Gasteiger partial charge on any atom is -0.378 e. The number of halogens is 4. The highest BCUT2D eigenvalue weighted by Gasteiger charge is 2.38. The summed E-state index contributed by atoms with van der Waals surface area (Å²) >= 11 is 0. The Morgan fingerprint density at radius 3 is 2.38 bits per heavy atom. The maximum absolute atomic E-state index is 13.0. The molecule has 0 spiro atoms. The van der Waals surface area contributed by atoms with E-state index in [0.29, 0.717) is 12.2 Å². The van der Waals surface area contributed by atoms with Crippen LogP contribution in [0.4, 0.5) is 18.9 Å². The van der Waals surface area contributed by atoms with E-state index in [1.165, 1.54) is 0 Å². The first-order valence-electron chi connectivity index (χ1n) is 7.20. The van der Waals surface area contributed by atoms with Crippen molar-refractivity contribution in [2.24, 2.45) is 0 Å². The summed E-state index contributed by atoms with van der Waals surface area (Å²) in [5.41, 5.74) is 2.54. The van der Waals surface area contributed by atoms with Crippen molar-refractivity contribution in [3.63, 3.8) is 0 Å². The first kappa shape index (κ1) is 18.4. The summed E-state index contributed by atoms with van der Waals surface area (Å²) in [5.74, 6) is 0. The number of nitrogens with one attached hydrogen (secondary N) is 2. The van der Waals surface area contributed by atoms with Crippen molar-refractivity contribution >= 4 is 29.7 Å². The van der Waals surface area contributed by atoms with Gasteiger partial charge in [0.15, 0.2) is 0 Å². The third kappa shape index (κ3) is 3.57. The van der Waals surface area contributed by atoms with Crippen molar-refractivity contribution in [1.82, 2.24) is 15.5 Å². The number of hydrogen-bond acceptors (Lipinski definition) is 3. The Balaban J connectivity index is 0.00000208. The van der Waals surface area contributed by atoms with Crippen molar-refractivity contribution < 1.29 is 13.2 Å². The number of fused-ring (bicyclic) bond motifs is 1. The van der Waals surface area contributed by atoms with E-state index in [1.54, 1.807) is 0 Å². The van der Waals surface area contributed by atoms with Crippen LogP contribution < -0.4 is 10.2 Å². The van der Waals surface area contributed by atoms with Crippen LogP contribution in [0.3, 0.4) is 0 Å². The van der Waals surface area contributed by atoms with Crippen molar-refractivity contribution in [1.29, 1.82) is 0 Å². The maximum atomic E-state index is 13.0. The van der Waals surface area contributed by atoms with Gasteiger partial charge in [0.05, 0.1) is 5.69 Å². The standard InChI is InChI=1S/C16H17F3N4.ClH/c1-23(2)12-5-3-10(4-6-12)7-11-8-20-9-13-14(11)21-22-15(13)16(17,18)19;/h3-7,20H,8-9H2,1-2H3,(H,21,22);1H/b11-7+;. The van der Waals surface area contributed by atoms with Gasteiger partial charge in [0, 0.05) is 38.4 Å². The number of rotatable bonds is 2. The number of aromatic amines is 1. The zero-order valence-electron chi connectivity index (χ0n) is 13.2. The van der Waals surface area contributed by atoms with Crippen LogP contribution in [0, 0.1) is 0 Å². The molecule has 1 aliphatic rings. The normalized spacial score (nSPS) is 15.8. The van der Waals surface area contributed by atoms with E-state index >= 15 is 0 Å². The molecule has 1 aromatic heterocycles. The Bertz CT molecular complexity index is 733. The predicted octanol–water partition coefficient (Wildman–Crippen LogP) is 3.56. The third-order valence-corrected chi connectivity index (χ3v) is 3.82. The van der Waals surface area contributed by atoms with E-state index in [0.717, 1.165) is 16.8 Å². The molecular formula is C16H18ClF3N4. The van der Waals surface area contributed by atoms with E-state index in [2.05, 4.69) is 15.5 Å². The summed E-state index contributed by atoms with van der Waals surface area (Å²) in [5, 5.41) is 9.02. The van der Waals surface area contributed by atoms with Crippen LogP contribution >= 0.6 is 12.4 Å². The molecule has 0 amide bonds. The van der Waals surface area contributed by atoms with Gasteiger partial charge in [-0.2, -0.15) is 18.3 Å². The van der Waals surface area contributed by atoms with E-state index in [-0.39, 0.29) is 24.5 Å². The highest BCUT2D eigenvalue weighted by atomic mass is 35.5. The zero-order chi connectivity index (χ0) is 16.6. The van der Waals surface area contributed by atoms with Gasteiger partial charge in [0.25, 0.3) is 0 Å². The van der Waals surface area contributed by atoms with Crippen molar-refractivity contribution in [3.05, 3.63) is 46.8 Å². The zero-order valence-corrected chi connectivity index (χ0v) is 14.1. The number of H-pyrrole nitrogens is 1. The fraction of sp³-hybridized carbons (Fsp3) is 0.312. The lowest BCUT2D eigenvalue weighted by Crippen LogP contribution is -2.24. The smallest absolute Gasteiger partial charge is 0.378 e. The lowest BCUT2D eigenvalue weighted by molar-refractivity contribution is -0.141. The highest BCUT2D eigenvalue weighted by molar-refractivity contribution is 5.85. The van der Waals surface area contributed by atoms with Gasteiger partial charge in [-0.15, -0.1) is 12.4 Å². The Kier molecular flexibility index (Phi) is 5.25. The van der Waals surface area contributed by atoms with Gasteiger partial charge >= 0.3 is 6.18 Å². The van der Waals surface area contributed by atoms with Crippen molar-refractivity contribution in [3.8, 4) is 0 Å². The maximum Gasteiger partial charge on any atom is 0.433 e. The van der Waals surface area contributed by atoms with E-state index in [9.17, 15) is 13.2 Å². The van der Waals surface area contributed by atoms with Crippen LogP contribution in [0.25, 0.3) is 11.6 Å². The fourth-order valence-corrected chi connectivity index (χ4v) is 2.63. The Morgan fingerprint density at radius 1 is 1.12 bits per heavy atom. The van der Waals surface area contributed by atoms with Crippen LogP contribution in [0.2, 0.25) is 0 Å². The first-order chi connectivity index (χ1) is 10.9. The molecule has 1 aromatic carbocycles. The summed E-state index contributed by atoms with van der Waals surface area (Å²) in [6.45, 7) is 0.655. The van der Waals surface area contributed by atoms with Crippen LogP contribution in [0.1, 0.15) is 22.5 Å².